The molecule has 0 saturated heterocycles. The fourth-order valence-corrected chi connectivity index (χ4v) is 2.74. The van der Waals surface area contributed by atoms with Gasteiger partial charge in [-0.15, -0.1) is 11.8 Å². The molecule has 3 atom stereocenters. The summed E-state index contributed by atoms with van der Waals surface area (Å²) in [6.45, 7) is 3.63. The lowest BCUT2D eigenvalue weighted by molar-refractivity contribution is -0.137. The molecule has 0 heterocycles. The molecule has 0 radical (unpaired) electrons. The Morgan fingerprint density at radius 3 is 2.35 bits per heavy atom. The summed E-state index contributed by atoms with van der Waals surface area (Å²) in [5.41, 5.74) is 0.993. The molecule has 0 bridgehead atoms. The Balaban J connectivity index is 2.77. The van der Waals surface area contributed by atoms with Crippen LogP contribution in [-0.4, -0.2) is 27.5 Å². The molecule has 1 aromatic rings. The number of aliphatic carboxylic acids is 1. The van der Waals surface area contributed by atoms with Crippen LogP contribution in [0.2, 0.25) is 0 Å². The maximum Gasteiger partial charge on any atom is 0.304 e. The van der Waals surface area contributed by atoms with E-state index in [1.807, 2.05) is 37.3 Å². The molecule has 4 heteroatoms. The minimum absolute atomic E-state index is 0.0135. The number of carboxylic acids is 1. The van der Waals surface area contributed by atoms with Gasteiger partial charge in [-0.2, -0.15) is 0 Å². The average Bonchev–Trinajstić information content (AvgIpc) is 2.28. The Morgan fingerprint density at radius 2 is 1.88 bits per heavy atom. The molecule has 0 fully saturated rings. The number of aliphatic hydroxyl groups excluding tert-OH is 1. The number of carbonyl (C=O) groups is 1. The summed E-state index contributed by atoms with van der Waals surface area (Å²) in [6.07, 6.45) is -0.369. The normalized spacial score (nSPS) is 16.2. The van der Waals surface area contributed by atoms with E-state index in [2.05, 4.69) is 0 Å². The first-order valence-corrected chi connectivity index (χ1v) is 6.55. The Hall–Kier alpha value is -1.00. The lowest BCUT2D eigenvalue weighted by Crippen LogP contribution is -2.18. The summed E-state index contributed by atoms with van der Waals surface area (Å²) in [5.74, 6) is -0.816. The first kappa shape index (κ1) is 14.1. The Bertz CT molecular complexity index is 351. The fourth-order valence-electron chi connectivity index (χ4n) is 1.44. The number of thioether (sulfide) groups is 1. The van der Waals surface area contributed by atoms with Crippen LogP contribution in [0.3, 0.4) is 0 Å². The molecule has 0 amide bonds. The van der Waals surface area contributed by atoms with Crippen LogP contribution in [0.1, 0.15) is 31.1 Å². The van der Waals surface area contributed by atoms with Crippen LogP contribution < -0.4 is 0 Å². The van der Waals surface area contributed by atoms with E-state index in [1.165, 1.54) is 11.8 Å². The highest BCUT2D eigenvalue weighted by Gasteiger charge is 2.21. The zero-order chi connectivity index (χ0) is 12.8. The fraction of sp³-hybridized carbons (Fsp3) is 0.462. The molecule has 17 heavy (non-hydrogen) atoms. The van der Waals surface area contributed by atoms with Crippen molar-refractivity contribution in [3.05, 3.63) is 35.9 Å². The zero-order valence-electron chi connectivity index (χ0n) is 10.0. The Kier molecular flexibility index (Phi) is 5.51. The Morgan fingerprint density at radius 1 is 1.29 bits per heavy atom. The molecular weight excluding hydrogens is 236 g/mol. The molecule has 0 aliphatic rings. The highest BCUT2D eigenvalue weighted by molar-refractivity contribution is 8.00. The lowest BCUT2D eigenvalue weighted by Gasteiger charge is -2.21. The van der Waals surface area contributed by atoms with Crippen LogP contribution in [0.4, 0.5) is 0 Å². The van der Waals surface area contributed by atoms with Crippen molar-refractivity contribution in [2.75, 3.05) is 0 Å². The van der Waals surface area contributed by atoms with Gasteiger partial charge in [0.05, 0.1) is 12.5 Å². The quantitative estimate of drug-likeness (QED) is 0.819. The van der Waals surface area contributed by atoms with Crippen molar-refractivity contribution < 1.29 is 15.0 Å². The molecule has 1 rings (SSSR count). The van der Waals surface area contributed by atoms with Gasteiger partial charge in [0.25, 0.3) is 0 Å². The summed E-state index contributed by atoms with van der Waals surface area (Å²) in [5, 5.41) is 18.3. The number of hydrogen-bond donors (Lipinski definition) is 2. The summed E-state index contributed by atoms with van der Waals surface area (Å²) in [7, 11) is 0. The third kappa shape index (κ3) is 4.79. The van der Waals surface area contributed by atoms with Gasteiger partial charge < -0.3 is 10.2 Å². The molecule has 0 spiro atoms. The van der Waals surface area contributed by atoms with Gasteiger partial charge in [0, 0.05) is 10.5 Å². The minimum Gasteiger partial charge on any atom is -0.481 e. The van der Waals surface area contributed by atoms with E-state index in [0.717, 1.165) is 5.56 Å². The molecule has 0 aromatic heterocycles. The van der Waals surface area contributed by atoms with Gasteiger partial charge in [-0.05, 0) is 12.5 Å². The molecule has 0 aliphatic heterocycles. The van der Waals surface area contributed by atoms with E-state index in [1.54, 1.807) is 6.92 Å². The SMILES string of the molecule is CC(O)C(C)SC(CC(=O)O)c1ccccc1. The van der Waals surface area contributed by atoms with Crippen LogP contribution in [-0.2, 0) is 4.79 Å². The van der Waals surface area contributed by atoms with Crippen LogP contribution in [0.5, 0.6) is 0 Å². The first-order valence-electron chi connectivity index (χ1n) is 5.61. The van der Waals surface area contributed by atoms with Crippen LogP contribution in [0, 0.1) is 0 Å². The van der Waals surface area contributed by atoms with Crippen molar-refractivity contribution in [3.63, 3.8) is 0 Å². The number of hydrogen-bond acceptors (Lipinski definition) is 3. The third-order valence-corrected chi connectivity index (χ3v) is 4.18. The van der Waals surface area contributed by atoms with Crippen LogP contribution in [0.25, 0.3) is 0 Å². The molecule has 1 aromatic carbocycles. The van der Waals surface area contributed by atoms with Crippen molar-refractivity contribution in [2.45, 2.75) is 36.9 Å². The second-order valence-electron chi connectivity index (χ2n) is 4.08. The van der Waals surface area contributed by atoms with Crippen LogP contribution >= 0.6 is 11.8 Å². The van der Waals surface area contributed by atoms with Gasteiger partial charge in [-0.25, -0.2) is 0 Å². The second kappa shape index (κ2) is 6.67. The second-order valence-corrected chi connectivity index (χ2v) is 5.66. The molecular formula is C13H18O3S. The van der Waals surface area contributed by atoms with E-state index < -0.39 is 12.1 Å². The van der Waals surface area contributed by atoms with E-state index in [4.69, 9.17) is 5.11 Å². The predicted octanol–water partition coefficient (Wildman–Crippen LogP) is 2.70. The maximum absolute atomic E-state index is 10.9. The highest BCUT2D eigenvalue weighted by atomic mass is 32.2. The van der Waals surface area contributed by atoms with Crippen molar-refractivity contribution in [3.8, 4) is 0 Å². The topological polar surface area (TPSA) is 57.5 Å². The number of benzene rings is 1. The van der Waals surface area contributed by atoms with Crippen LogP contribution in [0.15, 0.2) is 30.3 Å². The van der Waals surface area contributed by atoms with E-state index in [9.17, 15) is 9.90 Å². The number of carboxylic acid groups (broad SMARTS) is 1. The lowest BCUT2D eigenvalue weighted by atomic mass is 10.1. The molecule has 3 nitrogen and oxygen atoms in total. The number of aliphatic hydroxyl groups is 1. The maximum atomic E-state index is 10.9. The number of rotatable bonds is 6. The molecule has 0 saturated carbocycles. The first-order chi connectivity index (χ1) is 8.00. The molecule has 94 valence electrons. The summed E-state index contributed by atoms with van der Waals surface area (Å²) >= 11 is 1.50. The monoisotopic (exact) mass is 254 g/mol. The van der Waals surface area contributed by atoms with Gasteiger partial charge >= 0.3 is 5.97 Å². The third-order valence-electron chi connectivity index (χ3n) is 2.59. The standard InChI is InChI=1S/C13H18O3S/c1-9(14)10(2)17-12(8-13(15)16)11-6-4-3-5-7-11/h3-7,9-10,12,14H,8H2,1-2H3,(H,15,16). The van der Waals surface area contributed by atoms with Gasteiger partial charge in [0.15, 0.2) is 0 Å². The van der Waals surface area contributed by atoms with Crippen molar-refractivity contribution in [1.29, 1.82) is 0 Å². The van der Waals surface area contributed by atoms with Gasteiger partial charge in [-0.1, -0.05) is 37.3 Å². The van der Waals surface area contributed by atoms with Gasteiger partial charge in [0.1, 0.15) is 0 Å². The summed E-state index contributed by atoms with van der Waals surface area (Å²) in [6, 6.07) is 9.56. The average molecular weight is 254 g/mol. The van der Waals surface area contributed by atoms with E-state index in [0.29, 0.717) is 0 Å². The largest absolute Gasteiger partial charge is 0.481 e. The van der Waals surface area contributed by atoms with Crippen molar-refractivity contribution in [1.82, 2.24) is 0 Å². The Labute approximate surface area is 106 Å². The molecule has 2 N–H and O–H groups in total. The van der Waals surface area contributed by atoms with Crippen molar-refractivity contribution in [2.24, 2.45) is 0 Å². The predicted molar refractivity (Wildman–Crippen MR) is 70.2 cm³/mol. The zero-order valence-corrected chi connectivity index (χ0v) is 10.9. The highest BCUT2D eigenvalue weighted by Crippen LogP contribution is 2.36. The summed E-state index contributed by atoms with van der Waals surface area (Å²) < 4.78 is 0. The van der Waals surface area contributed by atoms with Crippen molar-refractivity contribution >= 4 is 17.7 Å². The minimum atomic E-state index is -0.816. The molecule has 0 aliphatic carbocycles. The summed E-state index contributed by atoms with van der Waals surface area (Å²) in [4.78, 5) is 10.9. The van der Waals surface area contributed by atoms with E-state index in [-0.39, 0.29) is 16.9 Å². The van der Waals surface area contributed by atoms with Gasteiger partial charge in [-0.3, -0.25) is 4.79 Å². The molecule has 3 unspecified atom stereocenters. The van der Waals surface area contributed by atoms with Gasteiger partial charge in [0.2, 0.25) is 0 Å². The smallest absolute Gasteiger partial charge is 0.304 e. The van der Waals surface area contributed by atoms with E-state index >= 15 is 0 Å².